The van der Waals surface area contributed by atoms with Gasteiger partial charge in [0, 0.05) is 18.6 Å². The highest BCUT2D eigenvalue weighted by atomic mass is 32.2. The molecule has 98 valence electrons. The molecule has 2 rings (SSSR count). The maximum atomic E-state index is 11.9. The Kier molecular flexibility index (Phi) is 4.63. The average Bonchev–Trinajstić information content (AvgIpc) is 2.80. The molecule has 1 aromatic rings. The van der Waals surface area contributed by atoms with Gasteiger partial charge in [0.25, 0.3) is 0 Å². The summed E-state index contributed by atoms with van der Waals surface area (Å²) in [5.74, 6) is -0.0219. The number of benzene rings is 1. The first-order valence-electron chi connectivity index (χ1n) is 5.90. The van der Waals surface area contributed by atoms with Gasteiger partial charge in [-0.1, -0.05) is 18.2 Å². The van der Waals surface area contributed by atoms with Gasteiger partial charge in [0.05, 0.1) is 18.0 Å². The van der Waals surface area contributed by atoms with Crippen molar-refractivity contribution in [2.75, 3.05) is 20.3 Å². The van der Waals surface area contributed by atoms with Gasteiger partial charge >= 0.3 is 0 Å². The summed E-state index contributed by atoms with van der Waals surface area (Å²) < 4.78 is 4.81. The summed E-state index contributed by atoms with van der Waals surface area (Å²) in [4.78, 5) is 13.1. The summed E-state index contributed by atoms with van der Waals surface area (Å²) >= 11 is 1.58. The van der Waals surface area contributed by atoms with Gasteiger partial charge in [-0.3, -0.25) is 4.79 Å². The van der Waals surface area contributed by atoms with E-state index in [0.29, 0.717) is 0 Å². The number of amides is 1. The van der Waals surface area contributed by atoms with Gasteiger partial charge in [-0.2, -0.15) is 0 Å². The Morgan fingerprint density at radius 3 is 3.11 bits per heavy atom. The fourth-order valence-electron chi connectivity index (χ4n) is 1.91. The second-order valence-corrected chi connectivity index (χ2v) is 5.52. The van der Waals surface area contributed by atoms with Crippen LogP contribution in [0.2, 0.25) is 0 Å². The Labute approximate surface area is 111 Å². The van der Waals surface area contributed by atoms with Crippen LogP contribution in [-0.4, -0.2) is 42.6 Å². The fourth-order valence-corrected chi connectivity index (χ4v) is 3.13. The molecule has 18 heavy (non-hydrogen) atoms. The van der Waals surface area contributed by atoms with E-state index in [0.717, 1.165) is 6.42 Å². The molecule has 2 unspecified atom stereocenters. The van der Waals surface area contributed by atoms with E-state index in [9.17, 15) is 9.90 Å². The number of carbonyl (C=O) groups excluding carboxylic acids is 1. The first-order chi connectivity index (χ1) is 8.70. The quantitative estimate of drug-likeness (QED) is 0.829. The van der Waals surface area contributed by atoms with Crippen molar-refractivity contribution < 1.29 is 14.6 Å². The van der Waals surface area contributed by atoms with Gasteiger partial charge in [0.15, 0.2) is 0 Å². The Morgan fingerprint density at radius 2 is 2.39 bits per heavy atom. The highest BCUT2D eigenvalue weighted by Crippen LogP contribution is 2.36. The number of methoxy groups -OCH3 is 1. The normalized spacial score (nSPS) is 19.3. The molecule has 0 radical (unpaired) electrons. The molecular weight excluding hydrogens is 250 g/mol. The van der Waals surface area contributed by atoms with Crippen molar-refractivity contribution >= 4 is 17.7 Å². The molecule has 2 atom stereocenters. The predicted octanol–water partition coefficient (Wildman–Crippen LogP) is 0.827. The molecule has 4 nitrogen and oxygen atoms in total. The summed E-state index contributed by atoms with van der Waals surface area (Å²) in [6.07, 6.45) is 0.111. The number of nitrogens with one attached hydrogen (secondary N) is 1. The number of fused-ring (bicyclic) bond motifs is 1. The Morgan fingerprint density at radius 1 is 1.61 bits per heavy atom. The summed E-state index contributed by atoms with van der Waals surface area (Å²) in [6, 6.07) is 8.05. The lowest BCUT2D eigenvalue weighted by molar-refractivity contribution is -0.121. The van der Waals surface area contributed by atoms with E-state index in [1.807, 2.05) is 18.2 Å². The largest absolute Gasteiger partial charge is 0.389 e. The van der Waals surface area contributed by atoms with Gasteiger partial charge in [-0.25, -0.2) is 0 Å². The number of hydrogen-bond donors (Lipinski definition) is 2. The zero-order valence-electron chi connectivity index (χ0n) is 10.3. The summed E-state index contributed by atoms with van der Waals surface area (Å²) in [5.41, 5.74) is 1.22. The van der Waals surface area contributed by atoms with Crippen LogP contribution in [0, 0.1) is 0 Å². The molecular formula is C13H17NO3S. The summed E-state index contributed by atoms with van der Waals surface area (Å²) in [6.45, 7) is 0.471. The Hall–Kier alpha value is -1.04. The molecule has 5 heteroatoms. The highest BCUT2D eigenvalue weighted by molar-refractivity contribution is 8.01. The smallest absolute Gasteiger partial charge is 0.233 e. The highest BCUT2D eigenvalue weighted by Gasteiger charge is 2.27. The molecule has 0 fully saturated rings. The standard InChI is InChI=1S/C13H17NO3S/c1-17-8-10(15)7-14-13(16)12-6-9-4-2-3-5-11(9)18-12/h2-5,10,12,15H,6-8H2,1H3,(H,14,16). The van der Waals surface area contributed by atoms with Crippen LogP contribution in [0.5, 0.6) is 0 Å². The zero-order chi connectivity index (χ0) is 13.0. The van der Waals surface area contributed by atoms with Crippen LogP contribution in [0.25, 0.3) is 0 Å². The number of carbonyl (C=O) groups is 1. The molecule has 0 saturated heterocycles. The van der Waals surface area contributed by atoms with E-state index in [1.54, 1.807) is 11.8 Å². The zero-order valence-corrected chi connectivity index (χ0v) is 11.1. The van der Waals surface area contributed by atoms with Crippen LogP contribution in [0.1, 0.15) is 5.56 Å². The van der Waals surface area contributed by atoms with Crippen LogP contribution in [-0.2, 0) is 16.0 Å². The minimum absolute atomic E-state index is 0.0219. The number of thioether (sulfide) groups is 1. The second kappa shape index (κ2) is 6.22. The molecule has 0 aromatic heterocycles. The van der Waals surface area contributed by atoms with Gasteiger partial charge in [0.2, 0.25) is 5.91 Å². The topological polar surface area (TPSA) is 58.6 Å². The molecule has 0 saturated carbocycles. The van der Waals surface area contributed by atoms with Gasteiger partial charge in [-0.05, 0) is 18.1 Å². The van der Waals surface area contributed by atoms with Crippen molar-refractivity contribution in [2.24, 2.45) is 0 Å². The lowest BCUT2D eigenvalue weighted by Crippen LogP contribution is -2.39. The monoisotopic (exact) mass is 267 g/mol. The van der Waals surface area contributed by atoms with E-state index in [2.05, 4.69) is 11.4 Å². The lowest BCUT2D eigenvalue weighted by Gasteiger charge is -2.13. The SMILES string of the molecule is COCC(O)CNC(=O)C1Cc2ccccc2S1. The van der Waals surface area contributed by atoms with E-state index in [-0.39, 0.29) is 24.3 Å². The lowest BCUT2D eigenvalue weighted by atomic mass is 10.1. The number of aliphatic hydroxyl groups excluding tert-OH is 1. The van der Waals surface area contributed by atoms with Crippen LogP contribution in [0.4, 0.5) is 0 Å². The molecule has 0 aliphatic carbocycles. The van der Waals surface area contributed by atoms with E-state index in [1.165, 1.54) is 17.6 Å². The molecule has 1 aliphatic heterocycles. The van der Waals surface area contributed by atoms with Crippen molar-refractivity contribution in [3.05, 3.63) is 29.8 Å². The van der Waals surface area contributed by atoms with Crippen LogP contribution >= 0.6 is 11.8 Å². The summed E-state index contributed by atoms with van der Waals surface area (Å²) in [5, 5.41) is 12.1. The van der Waals surface area contributed by atoms with E-state index >= 15 is 0 Å². The van der Waals surface area contributed by atoms with Gasteiger partial charge in [-0.15, -0.1) is 11.8 Å². The maximum absolute atomic E-state index is 11.9. The Balaban J connectivity index is 1.82. The minimum atomic E-state index is -0.646. The second-order valence-electron chi connectivity index (χ2n) is 4.27. The average molecular weight is 267 g/mol. The third-order valence-corrected chi connectivity index (χ3v) is 4.13. The molecule has 1 aromatic carbocycles. The molecule has 1 heterocycles. The van der Waals surface area contributed by atoms with E-state index in [4.69, 9.17) is 4.74 Å². The van der Waals surface area contributed by atoms with Gasteiger partial charge < -0.3 is 15.2 Å². The van der Waals surface area contributed by atoms with Crippen molar-refractivity contribution in [1.82, 2.24) is 5.32 Å². The molecule has 2 N–H and O–H groups in total. The predicted molar refractivity (Wildman–Crippen MR) is 70.7 cm³/mol. The molecule has 1 amide bonds. The van der Waals surface area contributed by atoms with Crippen molar-refractivity contribution in [1.29, 1.82) is 0 Å². The van der Waals surface area contributed by atoms with Crippen LogP contribution < -0.4 is 5.32 Å². The minimum Gasteiger partial charge on any atom is -0.389 e. The summed E-state index contributed by atoms with van der Waals surface area (Å²) in [7, 11) is 1.52. The number of ether oxygens (including phenoxy) is 1. The third kappa shape index (κ3) is 3.25. The molecule has 0 spiro atoms. The first-order valence-corrected chi connectivity index (χ1v) is 6.78. The van der Waals surface area contributed by atoms with Crippen LogP contribution in [0.3, 0.4) is 0 Å². The van der Waals surface area contributed by atoms with Crippen molar-refractivity contribution in [2.45, 2.75) is 22.7 Å². The fraction of sp³-hybridized carbons (Fsp3) is 0.462. The maximum Gasteiger partial charge on any atom is 0.233 e. The number of rotatable bonds is 5. The number of aliphatic hydroxyl groups is 1. The molecule has 0 bridgehead atoms. The van der Waals surface area contributed by atoms with Crippen molar-refractivity contribution in [3.8, 4) is 0 Å². The van der Waals surface area contributed by atoms with Crippen molar-refractivity contribution in [3.63, 3.8) is 0 Å². The third-order valence-electron chi connectivity index (χ3n) is 2.81. The number of hydrogen-bond acceptors (Lipinski definition) is 4. The van der Waals surface area contributed by atoms with E-state index < -0.39 is 6.10 Å². The first kappa shape index (κ1) is 13.4. The van der Waals surface area contributed by atoms with Gasteiger partial charge in [0.1, 0.15) is 0 Å². The Bertz CT molecular complexity index is 399. The van der Waals surface area contributed by atoms with Crippen LogP contribution in [0.15, 0.2) is 29.2 Å². The molecule has 1 aliphatic rings.